The van der Waals surface area contributed by atoms with Gasteiger partial charge in [0.25, 0.3) is 0 Å². The highest BCUT2D eigenvalue weighted by molar-refractivity contribution is 7.88. The maximum atomic E-state index is 12.5. The molecule has 6 heteroatoms. The largest absolute Gasteiger partial charge is 0.326 e. The van der Waals surface area contributed by atoms with Gasteiger partial charge in [0, 0.05) is 35.8 Å². The minimum absolute atomic E-state index is 0.0729. The smallest absolute Gasteiger partial charge is 0.227 e. The van der Waals surface area contributed by atoms with Crippen molar-refractivity contribution in [2.24, 2.45) is 5.92 Å². The number of benzene rings is 2. The van der Waals surface area contributed by atoms with E-state index in [4.69, 9.17) is 0 Å². The van der Waals surface area contributed by atoms with Gasteiger partial charge in [-0.2, -0.15) is 0 Å². The fourth-order valence-electron chi connectivity index (χ4n) is 3.03. The van der Waals surface area contributed by atoms with Gasteiger partial charge < -0.3 is 5.32 Å². The number of piperidine rings is 1. The van der Waals surface area contributed by atoms with Crippen molar-refractivity contribution in [3.63, 3.8) is 0 Å². The normalized spacial score (nSPS) is 15.6. The zero-order chi connectivity index (χ0) is 19.3. The Morgan fingerprint density at radius 3 is 2.30 bits per heavy atom. The maximum Gasteiger partial charge on any atom is 0.227 e. The van der Waals surface area contributed by atoms with Crippen LogP contribution in [0.2, 0.25) is 0 Å². The Labute approximate surface area is 160 Å². The second kappa shape index (κ2) is 8.38. The number of carbonyl (C=O) groups excluding carboxylic acids is 1. The molecule has 1 heterocycles. The molecule has 1 fully saturated rings. The third-order valence-corrected chi connectivity index (χ3v) is 5.85. The van der Waals surface area contributed by atoms with E-state index < -0.39 is 10.0 Å². The van der Waals surface area contributed by atoms with E-state index in [0.717, 1.165) is 11.1 Å². The molecule has 3 rings (SSSR count). The molecule has 2 aromatic rings. The van der Waals surface area contributed by atoms with E-state index in [2.05, 4.69) is 17.2 Å². The van der Waals surface area contributed by atoms with Crippen molar-refractivity contribution in [2.75, 3.05) is 24.7 Å². The molecule has 1 amide bonds. The van der Waals surface area contributed by atoms with E-state index >= 15 is 0 Å². The summed E-state index contributed by atoms with van der Waals surface area (Å²) < 4.78 is 24.6. The van der Waals surface area contributed by atoms with Gasteiger partial charge in [-0.15, -0.1) is 0 Å². The highest BCUT2D eigenvalue weighted by atomic mass is 32.2. The Morgan fingerprint density at radius 2 is 1.63 bits per heavy atom. The summed E-state index contributed by atoms with van der Waals surface area (Å²) in [6.07, 6.45) is 2.27. The van der Waals surface area contributed by atoms with Crippen molar-refractivity contribution < 1.29 is 13.2 Å². The van der Waals surface area contributed by atoms with Crippen LogP contribution in [0.3, 0.4) is 0 Å². The predicted molar refractivity (Wildman–Crippen MR) is 107 cm³/mol. The first-order valence-corrected chi connectivity index (χ1v) is 10.7. The number of carbonyl (C=O) groups is 1. The number of anilines is 1. The molecule has 1 aliphatic rings. The summed E-state index contributed by atoms with van der Waals surface area (Å²) in [6, 6.07) is 17.2. The number of amides is 1. The van der Waals surface area contributed by atoms with Crippen molar-refractivity contribution in [1.82, 2.24) is 4.31 Å². The topological polar surface area (TPSA) is 66.5 Å². The van der Waals surface area contributed by atoms with Crippen LogP contribution in [0.4, 0.5) is 5.69 Å². The molecular weight excluding hydrogens is 360 g/mol. The summed E-state index contributed by atoms with van der Waals surface area (Å²) in [5, 5.41) is 2.93. The van der Waals surface area contributed by atoms with E-state index in [0.29, 0.717) is 31.6 Å². The average molecular weight is 382 g/mol. The minimum Gasteiger partial charge on any atom is -0.326 e. The second-order valence-corrected chi connectivity index (χ2v) is 8.60. The van der Waals surface area contributed by atoms with Crippen LogP contribution in [0.25, 0.3) is 0 Å². The molecular formula is C21H22N2O3S. The first-order valence-electron chi connectivity index (χ1n) is 8.85. The van der Waals surface area contributed by atoms with Gasteiger partial charge >= 0.3 is 0 Å². The lowest BCUT2D eigenvalue weighted by atomic mass is 9.97. The molecule has 1 aliphatic heterocycles. The van der Waals surface area contributed by atoms with Crippen molar-refractivity contribution >= 4 is 21.6 Å². The molecule has 1 saturated heterocycles. The number of rotatable bonds is 3. The van der Waals surface area contributed by atoms with Crippen molar-refractivity contribution in [3.8, 4) is 11.8 Å². The average Bonchev–Trinajstić information content (AvgIpc) is 2.67. The Morgan fingerprint density at radius 1 is 1.00 bits per heavy atom. The van der Waals surface area contributed by atoms with Gasteiger partial charge in [0.15, 0.2) is 0 Å². The molecule has 0 bridgehead atoms. The second-order valence-electron chi connectivity index (χ2n) is 6.62. The van der Waals surface area contributed by atoms with Gasteiger partial charge in [0.2, 0.25) is 15.9 Å². The van der Waals surface area contributed by atoms with Crippen LogP contribution in [0.5, 0.6) is 0 Å². The van der Waals surface area contributed by atoms with Crippen LogP contribution in [-0.4, -0.2) is 38.0 Å². The summed E-state index contributed by atoms with van der Waals surface area (Å²) in [6.45, 7) is 0.777. The predicted octanol–water partition coefficient (Wildman–Crippen LogP) is 2.70. The van der Waals surface area contributed by atoms with Gasteiger partial charge in [-0.25, -0.2) is 12.7 Å². The van der Waals surface area contributed by atoms with E-state index in [1.165, 1.54) is 10.6 Å². The van der Waals surface area contributed by atoms with Gasteiger partial charge in [-0.05, 0) is 43.2 Å². The molecule has 2 aromatic carbocycles. The Hall–Kier alpha value is -2.62. The molecule has 0 atom stereocenters. The molecule has 0 spiro atoms. The zero-order valence-corrected chi connectivity index (χ0v) is 16.0. The molecule has 0 saturated carbocycles. The molecule has 0 radical (unpaired) electrons. The first-order chi connectivity index (χ1) is 12.9. The van der Waals surface area contributed by atoms with E-state index in [-0.39, 0.29) is 11.8 Å². The number of nitrogens with zero attached hydrogens (tertiary/aromatic N) is 1. The van der Waals surface area contributed by atoms with Crippen molar-refractivity contribution in [3.05, 3.63) is 65.7 Å². The lowest BCUT2D eigenvalue weighted by molar-refractivity contribution is -0.120. The lowest BCUT2D eigenvalue weighted by Crippen LogP contribution is -2.40. The van der Waals surface area contributed by atoms with Crippen LogP contribution in [0.1, 0.15) is 24.0 Å². The molecule has 0 aromatic heterocycles. The molecule has 0 unspecified atom stereocenters. The standard InChI is InChI=1S/C21H22N2O3S/c1-27(25,26)23-14-12-19(13-15-23)21(24)22-20-9-5-8-18(16-20)11-10-17-6-3-2-4-7-17/h2-9,16,19H,12-15H2,1H3,(H,22,24). The zero-order valence-electron chi connectivity index (χ0n) is 15.2. The Balaban J connectivity index is 1.62. The van der Waals surface area contributed by atoms with Gasteiger partial charge in [-0.1, -0.05) is 36.1 Å². The Bertz CT molecular complexity index is 967. The maximum absolute atomic E-state index is 12.5. The third-order valence-electron chi connectivity index (χ3n) is 4.55. The van der Waals surface area contributed by atoms with Crippen LogP contribution >= 0.6 is 0 Å². The number of hydrogen-bond acceptors (Lipinski definition) is 3. The summed E-state index contributed by atoms with van der Waals surface area (Å²) in [7, 11) is -3.18. The van der Waals surface area contributed by atoms with E-state index in [1.807, 2.05) is 54.6 Å². The molecule has 27 heavy (non-hydrogen) atoms. The van der Waals surface area contributed by atoms with Crippen LogP contribution in [0, 0.1) is 17.8 Å². The minimum atomic E-state index is -3.18. The quantitative estimate of drug-likeness (QED) is 0.830. The highest BCUT2D eigenvalue weighted by Gasteiger charge is 2.28. The van der Waals surface area contributed by atoms with Crippen molar-refractivity contribution in [2.45, 2.75) is 12.8 Å². The summed E-state index contributed by atoms with van der Waals surface area (Å²) in [5.74, 6) is 5.95. The first kappa shape index (κ1) is 19.2. The molecule has 5 nitrogen and oxygen atoms in total. The summed E-state index contributed by atoms with van der Waals surface area (Å²) in [4.78, 5) is 12.5. The third kappa shape index (κ3) is 5.43. The van der Waals surface area contributed by atoms with Gasteiger partial charge in [0.1, 0.15) is 0 Å². The molecule has 140 valence electrons. The molecule has 1 N–H and O–H groups in total. The SMILES string of the molecule is CS(=O)(=O)N1CCC(C(=O)Nc2cccc(C#Cc3ccccc3)c2)CC1. The van der Waals surface area contributed by atoms with E-state index in [1.54, 1.807) is 0 Å². The Kier molecular flexibility index (Phi) is 5.94. The number of hydrogen-bond donors (Lipinski definition) is 1. The molecule has 0 aliphatic carbocycles. The lowest BCUT2D eigenvalue weighted by Gasteiger charge is -2.29. The fraction of sp³-hybridized carbons (Fsp3) is 0.286. The number of nitrogens with one attached hydrogen (secondary N) is 1. The van der Waals surface area contributed by atoms with Crippen LogP contribution in [0.15, 0.2) is 54.6 Å². The fourth-order valence-corrected chi connectivity index (χ4v) is 3.91. The van der Waals surface area contributed by atoms with E-state index in [9.17, 15) is 13.2 Å². The number of sulfonamides is 1. The van der Waals surface area contributed by atoms with Gasteiger partial charge in [-0.3, -0.25) is 4.79 Å². The monoisotopic (exact) mass is 382 g/mol. The highest BCUT2D eigenvalue weighted by Crippen LogP contribution is 2.21. The summed E-state index contributed by atoms with van der Waals surface area (Å²) in [5.41, 5.74) is 2.46. The van der Waals surface area contributed by atoms with Crippen molar-refractivity contribution in [1.29, 1.82) is 0 Å². The summed E-state index contributed by atoms with van der Waals surface area (Å²) >= 11 is 0. The van der Waals surface area contributed by atoms with Gasteiger partial charge in [0.05, 0.1) is 6.26 Å². The van der Waals surface area contributed by atoms with Crippen LogP contribution in [-0.2, 0) is 14.8 Å². The van der Waals surface area contributed by atoms with Crippen LogP contribution < -0.4 is 5.32 Å².